The zero-order chi connectivity index (χ0) is 21.4. The van der Waals surface area contributed by atoms with Crippen molar-refractivity contribution in [3.8, 4) is 5.75 Å². The molecule has 0 amide bonds. The fourth-order valence-corrected chi connectivity index (χ4v) is 3.75. The molecule has 0 saturated carbocycles. The second kappa shape index (κ2) is 7.81. The van der Waals surface area contributed by atoms with E-state index in [9.17, 15) is 4.79 Å². The second-order valence-corrected chi connectivity index (χ2v) is 7.25. The first-order chi connectivity index (χ1) is 15.2. The molecule has 0 N–H and O–H groups in total. The Kier molecular flexibility index (Phi) is 4.83. The highest BCUT2D eigenvalue weighted by Gasteiger charge is 2.20. The van der Waals surface area contributed by atoms with Gasteiger partial charge in [-0.05, 0) is 29.8 Å². The largest absolute Gasteiger partial charge is 0.497 e. The molecule has 0 aliphatic heterocycles. The summed E-state index contributed by atoms with van der Waals surface area (Å²) in [6.45, 7) is 1.35. The number of rotatable bonds is 6. The Bertz CT molecular complexity index is 1450. The van der Waals surface area contributed by atoms with E-state index >= 15 is 0 Å². The summed E-state index contributed by atoms with van der Waals surface area (Å²) in [4.78, 5) is 27.6. The van der Waals surface area contributed by atoms with Gasteiger partial charge >= 0.3 is 0 Å². The van der Waals surface area contributed by atoms with Gasteiger partial charge in [0, 0.05) is 7.11 Å². The van der Waals surface area contributed by atoms with Gasteiger partial charge < -0.3 is 14.0 Å². The van der Waals surface area contributed by atoms with E-state index in [1.807, 2.05) is 53.1 Å². The molecule has 156 valence electrons. The summed E-state index contributed by atoms with van der Waals surface area (Å²) >= 11 is 0. The first-order valence-electron chi connectivity index (χ1n) is 9.95. The summed E-state index contributed by atoms with van der Waals surface area (Å²) in [5.41, 5.74) is 4.17. The van der Waals surface area contributed by atoms with Gasteiger partial charge in [0.05, 0.1) is 44.2 Å². The van der Waals surface area contributed by atoms with Crippen molar-refractivity contribution in [3.63, 3.8) is 0 Å². The van der Waals surface area contributed by atoms with E-state index in [-0.39, 0.29) is 5.56 Å². The van der Waals surface area contributed by atoms with E-state index in [0.717, 1.165) is 22.3 Å². The van der Waals surface area contributed by atoms with E-state index in [1.165, 1.54) is 0 Å². The maximum Gasteiger partial charge on any atom is 0.265 e. The lowest BCUT2D eigenvalue weighted by Gasteiger charge is -2.08. The fourth-order valence-electron chi connectivity index (χ4n) is 3.75. The molecule has 0 aliphatic carbocycles. The summed E-state index contributed by atoms with van der Waals surface area (Å²) < 4.78 is 13.9. The minimum Gasteiger partial charge on any atom is -0.497 e. The van der Waals surface area contributed by atoms with Crippen molar-refractivity contribution in [3.05, 3.63) is 70.8 Å². The van der Waals surface area contributed by atoms with Crippen LogP contribution in [0.25, 0.3) is 33.2 Å². The number of fused-ring (bicyclic) bond motifs is 4. The predicted molar refractivity (Wildman–Crippen MR) is 119 cm³/mol. The van der Waals surface area contributed by atoms with Crippen molar-refractivity contribution in [2.45, 2.75) is 13.1 Å². The Morgan fingerprint density at radius 1 is 0.935 bits per heavy atom. The van der Waals surface area contributed by atoms with Crippen LogP contribution in [0.2, 0.25) is 0 Å². The van der Waals surface area contributed by atoms with Crippen molar-refractivity contribution in [2.24, 2.45) is 0 Å². The Morgan fingerprint density at radius 2 is 1.68 bits per heavy atom. The van der Waals surface area contributed by atoms with Crippen LogP contribution in [-0.2, 0) is 17.8 Å². The molecule has 0 aliphatic rings. The zero-order valence-corrected chi connectivity index (χ0v) is 17.3. The van der Waals surface area contributed by atoms with Gasteiger partial charge in [-0.1, -0.05) is 24.3 Å². The average molecular weight is 415 g/mol. The van der Waals surface area contributed by atoms with Gasteiger partial charge in [0.2, 0.25) is 0 Å². The summed E-state index contributed by atoms with van der Waals surface area (Å²) in [5, 5.41) is 0.473. The molecule has 3 aromatic heterocycles. The van der Waals surface area contributed by atoms with Crippen molar-refractivity contribution >= 4 is 33.2 Å². The van der Waals surface area contributed by atoms with E-state index in [0.29, 0.717) is 41.9 Å². The minimum absolute atomic E-state index is 0.148. The molecule has 0 atom stereocenters. The highest BCUT2D eigenvalue weighted by Crippen LogP contribution is 2.26. The SMILES string of the molecule is COCCn1cnc2c(c1=O)c1nc3ccccc3nc1n2Cc1ccc(OC)cc1. The summed E-state index contributed by atoms with van der Waals surface area (Å²) in [6.07, 6.45) is 1.56. The molecule has 0 fully saturated rings. The maximum atomic E-state index is 13.3. The number of methoxy groups -OCH3 is 2. The molecule has 0 spiro atoms. The van der Waals surface area contributed by atoms with E-state index in [2.05, 4.69) is 4.98 Å². The fraction of sp³-hybridized carbons (Fsp3) is 0.217. The lowest BCUT2D eigenvalue weighted by Crippen LogP contribution is -2.22. The van der Waals surface area contributed by atoms with Crippen molar-refractivity contribution in [2.75, 3.05) is 20.8 Å². The Morgan fingerprint density at radius 3 is 2.39 bits per heavy atom. The van der Waals surface area contributed by atoms with Crippen LogP contribution < -0.4 is 10.3 Å². The molecule has 0 radical (unpaired) electrons. The predicted octanol–water partition coefficient (Wildman–Crippen LogP) is 3.00. The Hall–Kier alpha value is -3.78. The monoisotopic (exact) mass is 415 g/mol. The minimum atomic E-state index is -0.148. The Labute approximate surface area is 177 Å². The van der Waals surface area contributed by atoms with Gasteiger partial charge in [-0.3, -0.25) is 9.36 Å². The summed E-state index contributed by atoms with van der Waals surface area (Å²) in [6, 6.07) is 15.5. The third kappa shape index (κ3) is 3.30. The van der Waals surface area contributed by atoms with Gasteiger partial charge in [0.15, 0.2) is 11.3 Å². The smallest absolute Gasteiger partial charge is 0.265 e. The number of para-hydroxylation sites is 2. The molecular weight excluding hydrogens is 394 g/mol. The maximum absolute atomic E-state index is 13.3. The molecule has 0 saturated heterocycles. The molecule has 31 heavy (non-hydrogen) atoms. The first-order valence-corrected chi connectivity index (χ1v) is 9.95. The van der Waals surface area contributed by atoms with Crippen molar-refractivity contribution < 1.29 is 9.47 Å². The summed E-state index contributed by atoms with van der Waals surface area (Å²) in [5.74, 6) is 0.788. The van der Waals surface area contributed by atoms with Gasteiger partial charge in [-0.25, -0.2) is 15.0 Å². The van der Waals surface area contributed by atoms with Gasteiger partial charge in [0.25, 0.3) is 5.56 Å². The number of benzene rings is 2. The quantitative estimate of drug-likeness (QED) is 0.424. The third-order valence-electron chi connectivity index (χ3n) is 5.35. The molecule has 3 heterocycles. The lowest BCUT2D eigenvalue weighted by molar-refractivity contribution is 0.186. The molecule has 5 aromatic rings. The van der Waals surface area contributed by atoms with E-state index in [4.69, 9.17) is 19.4 Å². The van der Waals surface area contributed by atoms with E-state index < -0.39 is 0 Å². The lowest BCUT2D eigenvalue weighted by atomic mass is 10.2. The van der Waals surface area contributed by atoms with Crippen LogP contribution in [0.4, 0.5) is 0 Å². The van der Waals surface area contributed by atoms with Crippen LogP contribution in [0.1, 0.15) is 5.56 Å². The Balaban J connectivity index is 1.77. The van der Waals surface area contributed by atoms with Crippen LogP contribution in [-0.4, -0.2) is 44.9 Å². The molecule has 0 bridgehead atoms. The molecule has 0 unspecified atom stereocenters. The average Bonchev–Trinajstić information content (AvgIpc) is 3.10. The first kappa shape index (κ1) is 19.2. The van der Waals surface area contributed by atoms with Crippen LogP contribution in [0, 0.1) is 0 Å². The molecule has 2 aromatic carbocycles. The highest BCUT2D eigenvalue weighted by atomic mass is 16.5. The van der Waals surface area contributed by atoms with Crippen LogP contribution in [0.15, 0.2) is 59.7 Å². The van der Waals surface area contributed by atoms with Gasteiger partial charge in [-0.15, -0.1) is 0 Å². The number of ether oxygens (including phenoxy) is 2. The normalized spacial score (nSPS) is 11.5. The van der Waals surface area contributed by atoms with Crippen LogP contribution in [0.5, 0.6) is 5.75 Å². The van der Waals surface area contributed by atoms with Gasteiger partial charge in [0.1, 0.15) is 16.7 Å². The molecule has 5 rings (SSSR count). The number of hydrogen-bond acceptors (Lipinski definition) is 6. The van der Waals surface area contributed by atoms with Crippen LogP contribution >= 0.6 is 0 Å². The highest BCUT2D eigenvalue weighted by molar-refractivity contribution is 6.04. The number of nitrogens with zero attached hydrogens (tertiary/aromatic N) is 5. The standard InChI is InChI=1S/C23H21N5O3/c1-30-12-11-27-14-24-21-19(23(27)29)20-22(26-18-6-4-3-5-17(18)25-20)28(21)13-15-7-9-16(31-2)10-8-15/h3-10,14H,11-13H2,1-2H3. The summed E-state index contributed by atoms with van der Waals surface area (Å²) in [7, 11) is 3.25. The molecule has 8 nitrogen and oxygen atoms in total. The van der Waals surface area contributed by atoms with Crippen molar-refractivity contribution in [1.29, 1.82) is 0 Å². The third-order valence-corrected chi connectivity index (χ3v) is 5.35. The number of hydrogen-bond donors (Lipinski definition) is 0. The zero-order valence-electron chi connectivity index (χ0n) is 17.3. The molecular formula is C23H21N5O3. The second-order valence-electron chi connectivity index (χ2n) is 7.25. The topological polar surface area (TPSA) is 84.1 Å². The number of aromatic nitrogens is 5. The van der Waals surface area contributed by atoms with Crippen molar-refractivity contribution in [1.82, 2.24) is 24.1 Å². The molecule has 8 heteroatoms. The van der Waals surface area contributed by atoms with Gasteiger partial charge in [-0.2, -0.15) is 0 Å². The van der Waals surface area contributed by atoms with Crippen LogP contribution in [0.3, 0.4) is 0 Å². The van der Waals surface area contributed by atoms with E-state index in [1.54, 1.807) is 25.1 Å².